The first-order valence-corrected chi connectivity index (χ1v) is 13.2. The second-order valence-electron chi connectivity index (χ2n) is 10.0. The van der Waals surface area contributed by atoms with Gasteiger partial charge in [0.1, 0.15) is 11.8 Å². The molecule has 6 rings (SSSR count). The first-order chi connectivity index (χ1) is 18.6. The second kappa shape index (κ2) is 10.5. The van der Waals surface area contributed by atoms with Gasteiger partial charge in [-0.05, 0) is 59.3 Å². The fourth-order valence-electron chi connectivity index (χ4n) is 5.73. The van der Waals surface area contributed by atoms with E-state index in [-0.39, 0.29) is 17.7 Å². The molecule has 0 spiro atoms. The van der Waals surface area contributed by atoms with Crippen molar-refractivity contribution in [2.75, 3.05) is 44.8 Å². The van der Waals surface area contributed by atoms with Gasteiger partial charge in [-0.15, -0.1) is 5.10 Å². The molecule has 38 heavy (non-hydrogen) atoms. The first-order valence-electron chi connectivity index (χ1n) is 13.2. The van der Waals surface area contributed by atoms with E-state index in [0.717, 1.165) is 73.5 Å². The maximum Gasteiger partial charge on any atom is 0.253 e. The van der Waals surface area contributed by atoms with Gasteiger partial charge >= 0.3 is 0 Å². The topological polar surface area (TPSA) is 101 Å². The average molecular weight is 516 g/mol. The number of anilines is 1. The van der Waals surface area contributed by atoms with E-state index in [1.165, 1.54) is 0 Å². The Bertz CT molecular complexity index is 1470. The van der Waals surface area contributed by atoms with Gasteiger partial charge in [-0.2, -0.15) is 0 Å². The third-order valence-electron chi connectivity index (χ3n) is 7.72. The van der Waals surface area contributed by atoms with Crippen LogP contribution in [0.5, 0.6) is 5.75 Å². The van der Waals surface area contributed by atoms with Crippen molar-refractivity contribution in [1.82, 2.24) is 30.1 Å². The van der Waals surface area contributed by atoms with Gasteiger partial charge in [0.05, 0.1) is 31.0 Å². The molecule has 2 aliphatic heterocycles. The lowest BCUT2D eigenvalue weighted by Crippen LogP contribution is -2.49. The molecule has 0 radical (unpaired) electrons. The minimum atomic E-state index is -0.389. The van der Waals surface area contributed by atoms with E-state index < -0.39 is 0 Å². The van der Waals surface area contributed by atoms with Gasteiger partial charge in [0, 0.05) is 38.3 Å². The largest absolute Gasteiger partial charge is 0.495 e. The number of pyridine rings is 1. The quantitative estimate of drug-likeness (QED) is 0.401. The molecule has 198 valence electrons. The molecule has 4 aromatic rings. The molecule has 10 nitrogen and oxygen atoms in total. The van der Waals surface area contributed by atoms with Crippen molar-refractivity contribution in [3.05, 3.63) is 75.8 Å². The van der Waals surface area contributed by atoms with Crippen LogP contribution in [0.3, 0.4) is 0 Å². The van der Waals surface area contributed by atoms with E-state index in [2.05, 4.69) is 36.4 Å². The number of ether oxygens (including phenoxy) is 2. The van der Waals surface area contributed by atoms with Crippen LogP contribution in [-0.4, -0.2) is 76.1 Å². The lowest BCUT2D eigenvalue weighted by molar-refractivity contribution is 0.0906. The molecule has 2 aromatic heterocycles. The SMILES string of the molecule is COc1ccccc1N1CCN([C@H](c2cc3cccc(C)c3[nH]c2=O)c2nnnn2C[C@H]2CCCO2)CC1. The molecule has 2 fully saturated rings. The van der Waals surface area contributed by atoms with Crippen molar-refractivity contribution < 1.29 is 9.47 Å². The number of rotatable bonds is 7. The monoisotopic (exact) mass is 515 g/mol. The van der Waals surface area contributed by atoms with E-state index in [1.54, 1.807) is 7.11 Å². The minimum Gasteiger partial charge on any atom is -0.495 e. The number of hydrogen-bond donors (Lipinski definition) is 1. The molecule has 2 aliphatic rings. The van der Waals surface area contributed by atoms with Gasteiger partial charge in [0.25, 0.3) is 5.56 Å². The van der Waals surface area contributed by atoms with E-state index in [4.69, 9.17) is 9.47 Å². The Morgan fingerprint density at radius 3 is 2.76 bits per heavy atom. The van der Waals surface area contributed by atoms with Crippen LogP contribution in [0, 0.1) is 6.92 Å². The summed E-state index contributed by atoms with van der Waals surface area (Å²) in [5.74, 6) is 1.53. The lowest BCUT2D eigenvalue weighted by atomic mass is 10.0. The summed E-state index contributed by atoms with van der Waals surface area (Å²) in [6.45, 7) is 6.39. The maximum atomic E-state index is 13.6. The zero-order valence-corrected chi connectivity index (χ0v) is 21.8. The molecule has 2 aromatic carbocycles. The van der Waals surface area contributed by atoms with Gasteiger partial charge in [0.2, 0.25) is 0 Å². The maximum absolute atomic E-state index is 13.6. The molecular formula is C28H33N7O3. The summed E-state index contributed by atoms with van der Waals surface area (Å²) in [7, 11) is 1.70. The van der Waals surface area contributed by atoms with Crippen molar-refractivity contribution >= 4 is 16.6 Å². The molecule has 4 heterocycles. The second-order valence-corrected chi connectivity index (χ2v) is 10.0. The Labute approximate surface area is 221 Å². The van der Waals surface area contributed by atoms with E-state index in [1.807, 2.05) is 54.1 Å². The number of para-hydroxylation sites is 3. The van der Waals surface area contributed by atoms with Gasteiger partial charge in [-0.3, -0.25) is 9.69 Å². The van der Waals surface area contributed by atoms with E-state index in [0.29, 0.717) is 17.9 Å². The molecule has 2 saturated heterocycles. The number of H-pyrrole nitrogens is 1. The number of aromatic nitrogens is 5. The fourth-order valence-corrected chi connectivity index (χ4v) is 5.73. The Hall–Kier alpha value is -3.76. The van der Waals surface area contributed by atoms with Gasteiger partial charge in [-0.25, -0.2) is 4.68 Å². The summed E-state index contributed by atoms with van der Waals surface area (Å²) < 4.78 is 13.3. The predicted octanol–water partition coefficient (Wildman–Crippen LogP) is 2.92. The molecule has 0 amide bonds. The molecule has 0 unspecified atom stereocenters. The smallest absolute Gasteiger partial charge is 0.253 e. The van der Waals surface area contributed by atoms with E-state index in [9.17, 15) is 4.79 Å². The van der Waals surface area contributed by atoms with Crippen molar-refractivity contribution in [2.45, 2.75) is 38.5 Å². The Kier molecular flexibility index (Phi) is 6.82. The summed E-state index contributed by atoms with van der Waals surface area (Å²) in [5.41, 5.74) is 3.51. The van der Waals surface area contributed by atoms with Crippen LogP contribution in [0.2, 0.25) is 0 Å². The summed E-state index contributed by atoms with van der Waals surface area (Å²) in [6, 6.07) is 15.8. The highest BCUT2D eigenvalue weighted by molar-refractivity contribution is 5.82. The molecule has 10 heteroatoms. The standard InChI is InChI=1S/C28H33N7O3/c1-19-7-5-8-20-17-22(28(36)29-25(19)20)26(27-30-31-32-35(27)18-21-9-6-16-38-21)34-14-12-33(13-15-34)23-10-3-4-11-24(23)37-2/h3-5,7-8,10-11,17,21,26H,6,9,12-16,18H2,1-2H3,(H,29,36)/t21-,26-/m1/s1. The molecule has 0 bridgehead atoms. The fraction of sp³-hybridized carbons (Fsp3) is 0.429. The Morgan fingerprint density at radius 1 is 1.13 bits per heavy atom. The summed E-state index contributed by atoms with van der Waals surface area (Å²) in [4.78, 5) is 21.4. The van der Waals surface area contributed by atoms with Crippen LogP contribution in [0.4, 0.5) is 5.69 Å². The minimum absolute atomic E-state index is 0.0813. The number of tetrazole rings is 1. The zero-order chi connectivity index (χ0) is 26.1. The number of methoxy groups -OCH3 is 1. The number of aryl methyl sites for hydroxylation is 1. The van der Waals surface area contributed by atoms with Crippen molar-refractivity contribution in [3.8, 4) is 5.75 Å². The van der Waals surface area contributed by atoms with Crippen molar-refractivity contribution in [2.24, 2.45) is 0 Å². The summed E-state index contributed by atoms with van der Waals surface area (Å²) in [5, 5.41) is 13.8. The highest BCUT2D eigenvalue weighted by Gasteiger charge is 2.34. The number of benzene rings is 2. The molecule has 1 N–H and O–H groups in total. The zero-order valence-electron chi connectivity index (χ0n) is 21.8. The Balaban J connectivity index is 1.36. The van der Waals surface area contributed by atoms with E-state index >= 15 is 0 Å². The van der Waals surface area contributed by atoms with Crippen LogP contribution < -0.4 is 15.2 Å². The number of fused-ring (bicyclic) bond motifs is 1. The molecule has 0 aliphatic carbocycles. The average Bonchev–Trinajstić information content (AvgIpc) is 3.63. The van der Waals surface area contributed by atoms with Gasteiger partial charge < -0.3 is 19.4 Å². The van der Waals surface area contributed by atoms with Crippen LogP contribution >= 0.6 is 0 Å². The van der Waals surface area contributed by atoms with Crippen LogP contribution in [0.15, 0.2) is 53.3 Å². The number of piperazine rings is 1. The van der Waals surface area contributed by atoms with Crippen LogP contribution in [-0.2, 0) is 11.3 Å². The van der Waals surface area contributed by atoms with Crippen molar-refractivity contribution in [1.29, 1.82) is 0 Å². The summed E-state index contributed by atoms with van der Waals surface area (Å²) in [6.07, 6.45) is 2.11. The van der Waals surface area contributed by atoms with Gasteiger partial charge in [-0.1, -0.05) is 30.3 Å². The predicted molar refractivity (Wildman–Crippen MR) is 145 cm³/mol. The molecule has 0 saturated carbocycles. The number of aromatic amines is 1. The number of nitrogens with one attached hydrogen (secondary N) is 1. The number of hydrogen-bond acceptors (Lipinski definition) is 8. The lowest BCUT2D eigenvalue weighted by Gasteiger charge is -2.40. The van der Waals surface area contributed by atoms with Crippen molar-refractivity contribution in [3.63, 3.8) is 0 Å². The highest BCUT2D eigenvalue weighted by atomic mass is 16.5. The first kappa shape index (κ1) is 24.6. The van der Waals surface area contributed by atoms with Crippen LogP contribution in [0.1, 0.15) is 35.8 Å². The normalized spacial score (nSPS) is 19.2. The third-order valence-corrected chi connectivity index (χ3v) is 7.72. The summed E-state index contributed by atoms with van der Waals surface area (Å²) >= 11 is 0. The van der Waals surface area contributed by atoms with Crippen LogP contribution in [0.25, 0.3) is 10.9 Å². The molecular weight excluding hydrogens is 482 g/mol. The number of nitrogens with zero attached hydrogens (tertiary/aromatic N) is 6. The Morgan fingerprint density at radius 2 is 1.97 bits per heavy atom. The molecule has 2 atom stereocenters. The highest BCUT2D eigenvalue weighted by Crippen LogP contribution is 2.32. The third kappa shape index (κ3) is 4.65. The van der Waals surface area contributed by atoms with Gasteiger partial charge in [0.15, 0.2) is 5.82 Å².